The average Bonchev–Trinajstić information content (AvgIpc) is 2.89. The second-order valence-corrected chi connectivity index (χ2v) is 6.93. The van der Waals surface area contributed by atoms with Gasteiger partial charge in [-0.15, -0.1) is 0 Å². The summed E-state index contributed by atoms with van der Waals surface area (Å²) in [6, 6.07) is 13.6. The van der Waals surface area contributed by atoms with Gasteiger partial charge < -0.3 is 20.1 Å². The molecule has 1 aliphatic heterocycles. The molecule has 0 bridgehead atoms. The van der Waals surface area contributed by atoms with E-state index in [2.05, 4.69) is 15.6 Å². The van der Waals surface area contributed by atoms with Crippen LogP contribution in [0.4, 0.5) is 11.6 Å². The van der Waals surface area contributed by atoms with Gasteiger partial charge in [0.2, 0.25) is 11.9 Å². The van der Waals surface area contributed by atoms with E-state index in [0.29, 0.717) is 19.1 Å². The quantitative estimate of drug-likeness (QED) is 0.625. The fraction of sp³-hybridized carbons (Fsp3) is 0.261. The van der Waals surface area contributed by atoms with Crippen LogP contribution in [0.1, 0.15) is 18.1 Å². The van der Waals surface area contributed by atoms with Crippen molar-refractivity contribution in [2.75, 3.05) is 30.9 Å². The smallest absolute Gasteiger partial charge is 0.228 e. The number of amides is 1. The Hall–Kier alpha value is -3.61. The summed E-state index contributed by atoms with van der Waals surface area (Å²) in [6.07, 6.45) is 2.77. The Morgan fingerprint density at radius 2 is 2.03 bits per heavy atom. The lowest BCUT2D eigenvalue weighted by Gasteiger charge is -2.12. The fourth-order valence-electron chi connectivity index (χ4n) is 3.48. The van der Waals surface area contributed by atoms with Crippen LogP contribution in [0.25, 0.3) is 11.3 Å². The molecule has 0 fully saturated rings. The molecule has 0 saturated heterocycles. The number of para-hydroxylation sites is 1. The lowest BCUT2D eigenvalue weighted by Crippen LogP contribution is -2.13. The van der Waals surface area contributed by atoms with Gasteiger partial charge in [0.05, 0.1) is 31.5 Å². The minimum atomic E-state index is -0.0601. The van der Waals surface area contributed by atoms with Crippen LogP contribution in [0.3, 0.4) is 0 Å². The van der Waals surface area contributed by atoms with E-state index >= 15 is 0 Å². The molecule has 0 unspecified atom stereocenters. The fourth-order valence-corrected chi connectivity index (χ4v) is 3.48. The van der Waals surface area contributed by atoms with Gasteiger partial charge in [-0.05, 0) is 37.1 Å². The number of rotatable bonds is 7. The maximum Gasteiger partial charge on any atom is 0.228 e. The molecule has 30 heavy (non-hydrogen) atoms. The van der Waals surface area contributed by atoms with E-state index in [1.54, 1.807) is 13.3 Å². The zero-order valence-corrected chi connectivity index (χ0v) is 17.1. The summed E-state index contributed by atoms with van der Waals surface area (Å²) < 4.78 is 11.0. The van der Waals surface area contributed by atoms with Gasteiger partial charge in [-0.3, -0.25) is 4.79 Å². The Morgan fingerprint density at radius 3 is 2.87 bits per heavy atom. The number of fused-ring (bicyclic) bond motifs is 3. The Bertz CT molecular complexity index is 1070. The molecule has 2 aromatic carbocycles. The molecule has 0 spiro atoms. The predicted octanol–water partition coefficient (Wildman–Crippen LogP) is 3.70. The SMILES string of the molecule is CCOc1cc(CCNc2ncc3c(n2)-c2ccccc2NC(=O)C3)ccc1OC. The van der Waals surface area contributed by atoms with Crippen LogP contribution in [-0.4, -0.2) is 36.1 Å². The van der Waals surface area contributed by atoms with Gasteiger partial charge in [-0.1, -0.05) is 24.3 Å². The van der Waals surface area contributed by atoms with Crippen molar-refractivity contribution in [3.63, 3.8) is 0 Å². The Labute approximate surface area is 175 Å². The number of nitrogens with zero attached hydrogens (tertiary/aromatic N) is 2. The summed E-state index contributed by atoms with van der Waals surface area (Å²) in [5.41, 5.74) is 4.40. The molecule has 1 aromatic heterocycles. The number of carbonyl (C=O) groups is 1. The summed E-state index contributed by atoms with van der Waals surface area (Å²) in [5.74, 6) is 1.95. The lowest BCUT2D eigenvalue weighted by atomic mass is 10.1. The third-order valence-corrected chi connectivity index (χ3v) is 4.90. The van der Waals surface area contributed by atoms with Crippen LogP contribution in [0, 0.1) is 0 Å². The van der Waals surface area contributed by atoms with Crippen molar-refractivity contribution in [1.29, 1.82) is 0 Å². The highest BCUT2D eigenvalue weighted by molar-refractivity contribution is 5.99. The molecule has 4 rings (SSSR count). The van der Waals surface area contributed by atoms with Crippen LogP contribution < -0.4 is 20.1 Å². The monoisotopic (exact) mass is 404 g/mol. The first-order chi connectivity index (χ1) is 14.7. The van der Waals surface area contributed by atoms with E-state index in [1.807, 2.05) is 49.4 Å². The lowest BCUT2D eigenvalue weighted by molar-refractivity contribution is -0.115. The third kappa shape index (κ3) is 4.20. The van der Waals surface area contributed by atoms with E-state index in [9.17, 15) is 4.79 Å². The van der Waals surface area contributed by atoms with Crippen molar-refractivity contribution in [3.05, 3.63) is 59.8 Å². The summed E-state index contributed by atoms with van der Waals surface area (Å²) in [6.45, 7) is 3.19. The molecule has 0 atom stereocenters. The van der Waals surface area contributed by atoms with E-state index in [0.717, 1.165) is 46.0 Å². The highest BCUT2D eigenvalue weighted by atomic mass is 16.5. The minimum Gasteiger partial charge on any atom is -0.493 e. The molecular formula is C23H24N4O3. The highest BCUT2D eigenvalue weighted by Gasteiger charge is 2.20. The Kier molecular flexibility index (Phi) is 5.79. The van der Waals surface area contributed by atoms with Gasteiger partial charge in [0.1, 0.15) is 0 Å². The molecule has 1 amide bonds. The predicted molar refractivity (Wildman–Crippen MR) is 116 cm³/mol. The van der Waals surface area contributed by atoms with Crippen molar-refractivity contribution in [2.24, 2.45) is 0 Å². The maximum absolute atomic E-state index is 12.1. The van der Waals surface area contributed by atoms with Gasteiger partial charge in [0, 0.05) is 23.9 Å². The Balaban J connectivity index is 1.49. The van der Waals surface area contributed by atoms with Crippen LogP contribution in [-0.2, 0) is 17.6 Å². The van der Waals surface area contributed by atoms with E-state index in [-0.39, 0.29) is 12.3 Å². The number of ether oxygens (including phenoxy) is 2. The zero-order chi connectivity index (χ0) is 20.9. The van der Waals surface area contributed by atoms with Crippen LogP contribution in [0.15, 0.2) is 48.7 Å². The van der Waals surface area contributed by atoms with Crippen molar-refractivity contribution < 1.29 is 14.3 Å². The van der Waals surface area contributed by atoms with Gasteiger partial charge in [0.25, 0.3) is 0 Å². The van der Waals surface area contributed by atoms with Crippen molar-refractivity contribution in [2.45, 2.75) is 19.8 Å². The second kappa shape index (κ2) is 8.82. The summed E-state index contributed by atoms with van der Waals surface area (Å²) in [4.78, 5) is 21.2. The molecule has 1 aliphatic rings. The van der Waals surface area contributed by atoms with E-state index in [4.69, 9.17) is 14.5 Å². The number of benzene rings is 2. The molecule has 0 aliphatic carbocycles. The van der Waals surface area contributed by atoms with Gasteiger partial charge in [-0.25, -0.2) is 9.97 Å². The number of anilines is 2. The summed E-state index contributed by atoms with van der Waals surface area (Å²) >= 11 is 0. The van der Waals surface area contributed by atoms with Gasteiger partial charge in [0.15, 0.2) is 11.5 Å². The molecule has 7 heteroatoms. The van der Waals surface area contributed by atoms with Crippen molar-refractivity contribution >= 4 is 17.5 Å². The number of methoxy groups -OCH3 is 1. The molecule has 2 heterocycles. The largest absolute Gasteiger partial charge is 0.493 e. The minimum absolute atomic E-state index is 0.0601. The van der Waals surface area contributed by atoms with Gasteiger partial charge >= 0.3 is 0 Å². The van der Waals surface area contributed by atoms with Crippen LogP contribution >= 0.6 is 0 Å². The maximum atomic E-state index is 12.1. The number of carbonyl (C=O) groups excluding carboxylic acids is 1. The molecule has 154 valence electrons. The van der Waals surface area contributed by atoms with Crippen LogP contribution in [0.5, 0.6) is 11.5 Å². The molecule has 0 radical (unpaired) electrons. The Morgan fingerprint density at radius 1 is 1.17 bits per heavy atom. The third-order valence-electron chi connectivity index (χ3n) is 4.90. The van der Waals surface area contributed by atoms with E-state index in [1.165, 1.54) is 0 Å². The van der Waals surface area contributed by atoms with Gasteiger partial charge in [-0.2, -0.15) is 0 Å². The summed E-state index contributed by atoms with van der Waals surface area (Å²) in [5, 5.41) is 6.22. The zero-order valence-electron chi connectivity index (χ0n) is 17.1. The molecular weight excluding hydrogens is 380 g/mol. The topological polar surface area (TPSA) is 85.4 Å². The number of nitrogens with one attached hydrogen (secondary N) is 2. The first kappa shape index (κ1) is 19.7. The molecule has 7 nitrogen and oxygen atoms in total. The molecule has 3 aromatic rings. The number of hydrogen-bond donors (Lipinski definition) is 2. The summed E-state index contributed by atoms with van der Waals surface area (Å²) in [7, 11) is 1.63. The molecule has 0 saturated carbocycles. The number of hydrogen-bond acceptors (Lipinski definition) is 6. The first-order valence-electron chi connectivity index (χ1n) is 9.96. The van der Waals surface area contributed by atoms with Crippen LogP contribution in [0.2, 0.25) is 0 Å². The first-order valence-corrected chi connectivity index (χ1v) is 9.96. The van der Waals surface area contributed by atoms with Crippen molar-refractivity contribution in [3.8, 4) is 22.8 Å². The average molecular weight is 404 g/mol. The standard InChI is InChI=1S/C23H24N4O3/c1-3-30-20-12-15(8-9-19(20)29-2)10-11-24-23-25-14-16-13-21(28)26-18-7-5-4-6-17(18)22(16)27-23/h4-9,12,14H,3,10-11,13H2,1-2H3,(H,26,28)(H,24,25,27). The molecule has 2 N–H and O–H groups in total. The highest BCUT2D eigenvalue weighted by Crippen LogP contribution is 2.32. The van der Waals surface area contributed by atoms with E-state index < -0.39 is 0 Å². The second-order valence-electron chi connectivity index (χ2n) is 6.93. The number of aromatic nitrogens is 2. The normalized spacial score (nSPS) is 12.3. The van der Waals surface area contributed by atoms with Crippen molar-refractivity contribution in [1.82, 2.24) is 9.97 Å².